The quantitative estimate of drug-likeness (QED) is 0.873. The van der Waals surface area contributed by atoms with E-state index in [2.05, 4.69) is 17.0 Å². The fourth-order valence-electron chi connectivity index (χ4n) is 2.70. The van der Waals surface area contributed by atoms with Crippen molar-refractivity contribution in [3.05, 3.63) is 34.9 Å². The summed E-state index contributed by atoms with van der Waals surface area (Å²) in [6.07, 6.45) is 5.36. The molecule has 3 heteroatoms. The van der Waals surface area contributed by atoms with Crippen molar-refractivity contribution in [2.24, 2.45) is 5.73 Å². The van der Waals surface area contributed by atoms with Gasteiger partial charge in [-0.25, -0.2) is 0 Å². The summed E-state index contributed by atoms with van der Waals surface area (Å²) in [4.78, 5) is 2.51. The van der Waals surface area contributed by atoms with E-state index in [1.807, 2.05) is 12.1 Å². The van der Waals surface area contributed by atoms with E-state index < -0.39 is 0 Å². The number of halogens is 1. The Morgan fingerprint density at radius 1 is 1.29 bits per heavy atom. The summed E-state index contributed by atoms with van der Waals surface area (Å²) in [5.41, 5.74) is 7.00. The molecule has 17 heavy (non-hydrogen) atoms. The highest BCUT2D eigenvalue weighted by atomic mass is 35.5. The molecule has 1 saturated carbocycles. The first-order valence-electron chi connectivity index (χ1n) is 6.48. The number of benzene rings is 1. The molecule has 0 saturated heterocycles. The molecule has 0 bridgehead atoms. The van der Waals surface area contributed by atoms with Crippen molar-refractivity contribution in [1.29, 1.82) is 0 Å². The molecule has 1 fully saturated rings. The molecule has 0 radical (unpaired) electrons. The average Bonchev–Trinajstić information content (AvgIpc) is 2.82. The molecule has 0 aromatic heterocycles. The largest absolute Gasteiger partial charge is 0.329 e. The van der Waals surface area contributed by atoms with Gasteiger partial charge in [0.15, 0.2) is 0 Å². The third-order valence-electron chi connectivity index (χ3n) is 3.53. The van der Waals surface area contributed by atoms with Crippen molar-refractivity contribution in [3.8, 4) is 0 Å². The first-order valence-corrected chi connectivity index (χ1v) is 6.86. The zero-order chi connectivity index (χ0) is 12.1. The number of hydrogen-bond donors (Lipinski definition) is 1. The minimum absolute atomic E-state index is 0.720. The predicted octanol–water partition coefficient (Wildman–Crippen LogP) is 3.04. The lowest BCUT2D eigenvalue weighted by molar-refractivity contribution is 0.195. The fourth-order valence-corrected chi connectivity index (χ4v) is 2.91. The van der Waals surface area contributed by atoms with Crippen LogP contribution in [0.15, 0.2) is 24.3 Å². The van der Waals surface area contributed by atoms with Gasteiger partial charge in [0.2, 0.25) is 0 Å². The SMILES string of the molecule is NCCN(Cc1cccc(Cl)c1)C1CCCC1. The second kappa shape index (κ2) is 6.39. The van der Waals surface area contributed by atoms with Crippen LogP contribution in [0.1, 0.15) is 31.2 Å². The van der Waals surface area contributed by atoms with Gasteiger partial charge in [-0.05, 0) is 30.5 Å². The lowest BCUT2D eigenvalue weighted by atomic mass is 10.1. The molecule has 2 rings (SSSR count). The average molecular weight is 253 g/mol. The third kappa shape index (κ3) is 3.70. The number of rotatable bonds is 5. The topological polar surface area (TPSA) is 29.3 Å². The van der Waals surface area contributed by atoms with Gasteiger partial charge in [0.1, 0.15) is 0 Å². The van der Waals surface area contributed by atoms with Crippen LogP contribution in [0.2, 0.25) is 5.02 Å². The van der Waals surface area contributed by atoms with Crippen LogP contribution in [0, 0.1) is 0 Å². The molecule has 0 spiro atoms. The fraction of sp³-hybridized carbons (Fsp3) is 0.571. The second-order valence-electron chi connectivity index (χ2n) is 4.83. The Bertz CT molecular complexity index is 348. The Hall–Kier alpha value is -0.570. The molecule has 0 aliphatic heterocycles. The van der Waals surface area contributed by atoms with E-state index in [1.54, 1.807) is 0 Å². The van der Waals surface area contributed by atoms with Gasteiger partial charge < -0.3 is 5.73 Å². The van der Waals surface area contributed by atoms with Gasteiger partial charge in [0, 0.05) is 30.7 Å². The summed E-state index contributed by atoms with van der Waals surface area (Å²) in [6, 6.07) is 8.86. The molecule has 1 aliphatic carbocycles. The highest BCUT2D eigenvalue weighted by Crippen LogP contribution is 2.25. The van der Waals surface area contributed by atoms with Crippen LogP contribution in [-0.4, -0.2) is 24.0 Å². The van der Waals surface area contributed by atoms with Gasteiger partial charge >= 0.3 is 0 Å². The molecule has 0 amide bonds. The van der Waals surface area contributed by atoms with Crippen LogP contribution in [-0.2, 0) is 6.54 Å². The molecular weight excluding hydrogens is 232 g/mol. The highest BCUT2D eigenvalue weighted by molar-refractivity contribution is 6.30. The Morgan fingerprint density at radius 3 is 2.71 bits per heavy atom. The van der Waals surface area contributed by atoms with E-state index in [1.165, 1.54) is 31.2 Å². The van der Waals surface area contributed by atoms with Gasteiger partial charge in [-0.1, -0.05) is 36.6 Å². The maximum atomic E-state index is 6.02. The predicted molar refractivity (Wildman–Crippen MR) is 73.2 cm³/mol. The maximum Gasteiger partial charge on any atom is 0.0409 e. The first-order chi connectivity index (χ1) is 8.29. The van der Waals surface area contributed by atoms with Gasteiger partial charge in [-0.3, -0.25) is 4.90 Å². The minimum atomic E-state index is 0.720. The Morgan fingerprint density at radius 2 is 2.06 bits per heavy atom. The molecule has 0 unspecified atom stereocenters. The van der Waals surface area contributed by atoms with Crippen LogP contribution >= 0.6 is 11.6 Å². The Balaban J connectivity index is 2.01. The van der Waals surface area contributed by atoms with Gasteiger partial charge in [-0.15, -0.1) is 0 Å². The molecule has 2 N–H and O–H groups in total. The Kier molecular flexibility index (Phi) is 4.84. The molecule has 94 valence electrons. The molecule has 0 heterocycles. The standard InChI is InChI=1S/C14H21ClN2/c15-13-5-3-4-12(10-13)11-17(9-8-16)14-6-1-2-7-14/h3-5,10,14H,1-2,6-9,11,16H2. The summed E-state index contributed by atoms with van der Waals surface area (Å²) in [6.45, 7) is 2.69. The molecule has 1 aromatic rings. The van der Waals surface area contributed by atoms with Crippen molar-refractivity contribution in [1.82, 2.24) is 4.90 Å². The monoisotopic (exact) mass is 252 g/mol. The first kappa shape index (κ1) is 12.9. The van der Waals surface area contributed by atoms with E-state index in [-0.39, 0.29) is 0 Å². The highest BCUT2D eigenvalue weighted by Gasteiger charge is 2.21. The summed E-state index contributed by atoms with van der Waals surface area (Å²) in [7, 11) is 0. The van der Waals surface area contributed by atoms with E-state index in [9.17, 15) is 0 Å². The maximum absolute atomic E-state index is 6.02. The molecular formula is C14H21ClN2. The van der Waals surface area contributed by atoms with E-state index in [0.29, 0.717) is 0 Å². The van der Waals surface area contributed by atoms with Gasteiger partial charge in [0.05, 0.1) is 0 Å². The van der Waals surface area contributed by atoms with Crippen molar-refractivity contribution >= 4 is 11.6 Å². The van der Waals surface area contributed by atoms with Crippen LogP contribution < -0.4 is 5.73 Å². The van der Waals surface area contributed by atoms with Gasteiger partial charge in [0.25, 0.3) is 0 Å². The Labute approximate surface area is 109 Å². The van der Waals surface area contributed by atoms with E-state index in [4.69, 9.17) is 17.3 Å². The van der Waals surface area contributed by atoms with Crippen LogP contribution in [0.3, 0.4) is 0 Å². The smallest absolute Gasteiger partial charge is 0.0409 e. The summed E-state index contributed by atoms with van der Waals surface area (Å²) < 4.78 is 0. The lowest BCUT2D eigenvalue weighted by Gasteiger charge is -2.28. The van der Waals surface area contributed by atoms with E-state index >= 15 is 0 Å². The van der Waals surface area contributed by atoms with Gasteiger partial charge in [-0.2, -0.15) is 0 Å². The normalized spacial score (nSPS) is 16.9. The van der Waals surface area contributed by atoms with Crippen molar-refractivity contribution < 1.29 is 0 Å². The van der Waals surface area contributed by atoms with Crippen molar-refractivity contribution in [2.45, 2.75) is 38.3 Å². The lowest BCUT2D eigenvalue weighted by Crippen LogP contribution is -2.36. The molecule has 0 atom stereocenters. The second-order valence-corrected chi connectivity index (χ2v) is 5.26. The van der Waals surface area contributed by atoms with E-state index in [0.717, 1.165) is 30.7 Å². The zero-order valence-corrected chi connectivity index (χ0v) is 11.0. The van der Waals surface area contributed by atoms with Crippen LogP contribution in [0.4, 0.5) is 0 Å². The molecule has 2 nitrogen and oxygen atoms in total. The number of hydrogen-bond acceptors (Lipinski definition) is 2. The summed E-state index contributed by atoms with van der Waals surface area (Å²) >= 11 is 6.02. The summed E-state index contributed by atoms with van der Waals surface area (Å²) in [5.74, 6) is 0. The number of nitrogens with zero attached hydrogens (tertiary/aromatic N) is 1. The zero-order valence-electron chi connectivity index (χ0n) is 10.2. The van der Waals surface area contributed by atoms with Crippen LogP contribution in [0.25, 0.3) is 0 Å². The van der Waals surface area contributed by atoms with Crippen LogP contribution in [0.5, 0.6) is 0 Å². The number of nitrogens with two attached hydrogens (primary N) is 1. The molecule has 1 aromatic carbocycles. The molecule has 1 aliphatic rings. The third-order valence-corrected chi connectivity index (χ3v) is 3.77. The minimum Gasteiger partial charge on any atom is -0.329 e. The van der Waals surface area contributed by atoms with Crippen molar-refractivity contribution in [3.63, 3.8) is 0 Å². The van der Waals surface area contributed by atoms with Crippen molar-refractivity contribution in [2.75, 3.05) is 13.1 Å². The summed E-state index contributed by atoms with van der Waals surface area (Å²) in [5, 5.41) is 0.821.